The number of carbonyl (C=O) groups excluding carboxylic acids is 2. The fraction of sp³-hybridized carbons (Fsp3) is 0.636. The van der Waals surface area contributed by atoms with Gasteiger partial charge in [0.25, 0.3) is 0 Å². The number of hydrogen-bond donors (Lipinski definition) is 2. The molecule has 0 aliphatic heterocycles. The summed E-state index contributed by atoms with van der Waals surface area (Å²) in [4.78, 5) is 24.8. The first-order chi connectivity index (χ1) is 12.9. The summed E-state index contributed by atoms with van der Waals surface area (Å²) in [6.45, 7) is 1.96. The van der Waals surface area contributed by atoms with E-state index in [-0.39, 0.29) is 23.8 Å². The molecule has 4 saturated carbocycles. The second kappa shape index (κ2) is 7.17. The van der Waals surface area contributed by atoms with Crippen LogP contribution in [0.3, 0.4) is 0 Å². The molecule has 0 spiro atoms. The van der Waals surface area contributed by atoms with E-state index in [1.165, 1.54) is 38.5 Å². The SMILES string of the molecule is COc1ccc(C)cc1NC(=O)CNC(=O)CC12CC3CC(CC(C3)C1)C2. The molecule has 2 N–H and O–H groups in total. The molecule has 0 radical (unpaired) electrons. The zero-order chi connectivity index (χ0) is 19.0. The van der Waals surface area contributed by atoms with Crippen molar-refractivity contribution in [1.29, 1.82) is 0 Å². The zero-order valence-corrected chi connectivity index (χ0v) is 16.3. The summed E-state index contributed by atoms with van der Waals surface area (Å²) >= 11 is 0. The van der Waals surface area contributed by atoms with Crippen molar-refractivity contribution in [3.05, 3.63) is 23.8 Å². The van der Waals surface area contributed by atoms with Crippen molar-refractivity contribution in [3.63, 3.8) is 0 Å². The highest BCUT2D eigenvalue weighted by molar-refractivity contribution is 5.95. The van der Waals surface area contributed by atoms with Gasteiger partial charge in [0, 0.05) is 6.42 Å². The van der Waals surface area contributed by atoms with Crippen LogP contribution in [-0.2, 0) is 9.59 Å². The van der Waals surface area contributed by atoms with Crippen molar-refractivity contribution in [2.24, 2.45) is 23.2 Å². The lowest BCUT2D eigenvalue weighted by Crippen LogP contribution is -2.48. The van der Waals surface area contributed by atoms with Crippen LogP contribution in [0.2, 0.25) is 0 Å². The third-order valence-corrected chi connectivity index (χ3v) is 6.78. The van der Waals surface area contributed by atoms with Gasteiger partial charge in [-0.25, -0.2) is 0 Å². The van der Waals surface area contributed by atoms with Crippen molar-refractivity contribution in [2.45, 2.75) is 51.9 Å². The Hall–Kier alpha value is -2.04. The van der Waals surface area contributed by atoms with E-state index >= 15 is 0 Å². The predicted molar refractivity (Wildman–Crippen MR) is 105 cm³/mol. The van der Waals surface area contributed by atoms with Crippen molar-refractivity contribution in [2.75, 3.05) is 19.0 Å². The summed E-state index contributed by atoms with van der Waals surface area (Å²) in [6, 6.07) is 5.63. The van der Waals surface area contributed by atoms with Crippen LogP contribution in [0.4, 0.5) is 5.69 Å². The Morgan fingerprint density at radius 1 is 1.07 bits per heavy atom. The normalized spacial score (nSPS) is 30.8. The second-order valence-corrected chi connectivity index (χ2v) is 9.12. The van der Waals surface area contributed by atoms with Crippen LogP contribution in [0, 0.1) is 30.1 Å². The Kier molecular flexibility index (Phi) is 4.87. The highest BCUT2D eigenvalue weighted by Gasteiger charge is 2.51. The van der Waals surface area contributed by atoms with E-state index in [4.69, 9.17) is 4.74 Å². The van der Waals surface area contributed by atoms with Crippen molar-refractivity contribution < 1.29 is 14.3 Å². The minimum atomic E-state index is -0.224. The smallest absolute Gasteiger partial charge is 0.243 e. The molecule has 0 heterocycles. The molecule has 5 rings (SSSR count). The van der Waals surface area contributed by atoms with Gasteiger partial charge < -0.3 is 15.4 Å². The largest absolute Gasteiger partial charge is 0.495 e. The second-order valence-electron chi connectivity index (χ2n) is 9.12. The molecular formula is C22H30N2O3. The van der Waals surface area contributed by atoms with Gasteiger partial charge in [-0.05, 0) is 86.3 Å². The van der Waals surface area contributed by atoms with Crippen LogP contribution in [-0.4, -0.2) is 25.5 Å². The molecule has 0 atom stereocenters. The number of aryl methyl sites for hydroxylation is 1. The average molecular weight is 370 g/mol. The predicted octanol–water partition coefficient (Wildman–Crippen LogP) is 3.66. The summed E-state index contributed by atoms with van der Waals surface area (Å²) in [6.07, 6.45) is 8.33. The molecular weight excluding hydrogens is 340 g/mol. The topological polar surface area (TPSA) is 67.4 Å². The van der Waals surface area contributed by atoms with Crippen LogP contribution >= 0.6 is 0 Å². The number of carbonyl (C=O) groups is 2. The van der Waals surface area contributed by atoms with E-state index in [1.54, 1.807) is 7.11 Å². The summed E-state index contributed by atoms with van der Waals surface area (Å²) < 4.78 is 5.28. The van der Waals surface area contributed by atoms with Gasteiger partial charge in [0.15, 0.2) is 0 Å². The number of rotatable bonds is 6. The Morgan fingerprint density at radius 2 is 1.70 bits per heavy atom. The maximum atomic E-state index is 12.5. The Morgan fingerprint density at radius 3 is 2.30 bits per heavy atom. The van der Waals surface area contributed by atoms with Crippen molar-refractivity contribution in [1.82, 2.24) is 5.32 Å². The van der Waals surface area contributed by atoms with E-state index in [0.717, 1.165) is 23.3 Å². The maximum Gasteiger partial charge on any atom is 0.243 e. The van der Waals surface area contributed by atoms with Gasteiger partial charge in [0.05, 0.1) is 19.3 Å². The Bertz CT molecular complexity index is 708. The summed E-state index contributed by atoms with van der Waals surface area (Å²) in [5, 5.41) is 5.68. The number of hydrogen-bond acceptors (Lipinski definition) is 3. The van der Waals surface area contributed by atoms with Crippen LogP contribution in [0.1, 0.15) is 50.5 Å². The minimum Gasteiger partial charge on any atom is -0.495 e. The monoisotopic (exact) mass is 370 g/mol. The number of nitrogens with one attached hydrogen (secondary N) is 2. The fourth-order valence-corrected chi connectivity index (χ4v) is 6.20. The quantitative estimate of drug-likeness (QED) is 0.803. The average Bonchev–Trinajstić information content (AvgIpc) is 2.58. The molecule has 1 aromatic carbocycles. The van der Waals surface area contributed by atoms with E-state index in [0.29, 0.717) is 17.9 Å². The third-order valence-electron chi connectivity index (χ3n) is 6.78. The van der Waals surface area contributed by atoms with Gasteiger partial charge in [0.1, 0.15) is 5.75 Å². The van der Waals surface area contributed by atoms with E-state index in [1.807, 2.05) is 25.1 Å². The first kappa shape index (κ1) is 18.3. The zero-order valence-electron chi connectivity index (χ0n) is 16.3. The number of ether oxygens (including phenoxy) is 1. The molecule has 5 nitrogen and oxygen atoms in total. The first-order valence-corrected chi connectivity index (χ1v) is 10.2. The Balaban J connectivity index is 1.29. The third kappa shape index (κ3) is 3.97. The number of amides is 2. The maximum absolute atomic E-state index is 12.5. The molecule has 1 aromatic rings. The molecule has 0 unspecified atom stereocenters. The van der Waals surface area contributed by atoms with Crippen LogP contribution in [0.15, 0.2) is 18.2 Å². The number of benzene rings is 1. The summed E-state index contributed by atoms with van der Waals surface area (Å²) in [5.41, 5.74) is 1.88. The lowest BCUT2D eigenvalue weighted by atomic mass is 9.49. The van der Waals surface area contributed by atoms with Crippen molar-refractivity contribution >= 4 is 17.5 Å². The van der Waals surface area contributed by atoms with E-state index in [9.17, 15) is 9.59 Å². The summed E-state index contributed by atoms with van der Waals surface area (Å²) in [7, 11) is 1.58. The lowest BCUT2D eigenvalue weighted by molar-refractivity contribution is -0.131. The van der Waals surface area contributed by atoms with Gasteiger partial charge in [-0.3, -0.25) is 9.59 Å². The summed E-state index contributed by atoms with van der Waals surface area (Å²) in [5.74, 6) is 2.92. The van der Waals surface area contributed by atoms with E-state index in [2.05, 4.69) is 10.6 Å². The first-order valence-electron chi connectivity index (χ1n) is 10.2. The van der Waals surface area contributed by atoms with Crippen LogP contribution in [0.25, 0.3) is 0 Å². The highest BCUT2D eigenvalue weighted by atomic mass is 16.5. The molecule has 2 amide bonds. The molecule has 146 valence electrons. The van der Waals surface area contributed by atoms with Gasteiger partial charge in [-0.1, -0.05) is 6.07 Å². The molecule has 0 aromatic heterocycles. The van der Waals surface area contributed by atoms with Gasteiger partial charge in [0.2, 0.25) is 11.8 Å². The van der Waals surface area contributed by atoms with Crippen LogP contribution in [0.5, 0.6) is 5.75 Å². The standard InChI is InChI=1S/C22H30N2O3/c1-14-3-4-19(27-2)18(5-14)24-21(26)13-23-20(25)12-22-9-15-6-16(10-22)8-17(7-15)11-22/h3-5,15-17H,6-13H2,1-2H3,(H,23,25)(H,24,26). The molecule has 4 aliphatic rings. The lowest BCUT2D eigenvalue weighted by Gasteiger charge is -2.56. The molecule has 4 fully saturated rings. The Labute approximate surface area is 161 Å². The van der Waals surface area contributed by atoms with Crippen LogP contribution < -0.4 is 15.4 Å². The number of methoxy groups -OCH3 is 1. The van der Waals surface area contributed by atoms with Gasteiger partial charge in [-0.15, -0.1) is 0 Å². The highest BCUT2D eigenvalue weighted by Crippen LogP contribution is 2.61. The van der Waals surface area contributed by atoms with Crippen molar-refractivity contribution in [3.8, 4) is 5.75 Å². The molecule has 5 heteroatoms. The number of anilines is 1. The molecule has 4 aliphatic carbocycles. The van der Waals surface area contributed by atoms with Gasteiger partial charge in [-0.2, -0.15) is 0 Å². The van der Waals surface area contributed by atoms with E-state index < -0.39 is 0 Å². The van der Waals surface area contributed by atoms with Gasteiger partial charge >= 0.3 is 0 Å². The minimum absolute atomic E-state index is 0.00228. The fourth-order valence-electron chi connectivity index (χ4n) is 6.20. The molecule has 0 saturated heterocycles. The molecule has 4 bridgehead atoms. The molecule has 27 heavy (non-hydrogen) atoms.